The fourth-order valence-electron chi connectivity index (χ4n) is 2.12. The number of methoxy groups -OCH3 is 1. The van der Waals surface area contributed by atoms with Crippen LogP contribution in [0, 0.1) is 13.8 Å². The van der Waals surface area contributed by atoms with Crippen LogP contribution in [-0.2, 0) is 11.3 Å². The summed E-state index contributed by atoms with van der Waals surface area (Å²) in [5, 5.41) is 8.54. The Kier molecular flexibility index (Phi) is 5.50. The molecule has 0 saturated carbocycles. The highest BCUT2D eigenvalue weighted by Crippen LogP contribution is 2.23. The van der Waals surface area contributed by atoms with Gasteiger partial charge in [-0.25, -0.2) is 0 Å². The number of nitrogens with two attached hydrogens (primary N) is 1. The van der Waals surface area contributed by atoms with Gasteiger partial charge in [-0.15, -0.1) is 5.10 Å². The van der Waals surface area contributed by atoms with Crippen molar-refractivity contribution in [2.24, 2.45) is 5.73 Å². The van der Waals surface area contributed by atoms with Crippen LogP contribution in [0.15, 0.2) is 0 Å². The average Bonchev–Trinajstić information content (AvgIpc) is 2.35. The molecular formula is C13H24N4O. The standard InChI is InChI=1S/C13H24N4O/c1-6-17(9(2)8-18-5)13-12(7-14)10(3)11(4)15-16-13/h9H,6-8,14H2,1-5H3. The summed E-state index contributed by atoms with van der Waals surface area (Å²) in [5.41, 5.74) is 9.01. The van der Waals surface area contributed by atoms with Crippen molar-refractivity contribution in [2.75, 3.05) is 25.2 Å². The van der Waals surface area contributed by atoms with Crippen molar-refractivity contribution in [3.8, 4) is 0 Å². The van der Waals surface area contributed by atoms with Crippen LogP contribution in [0.25, 0.3) is 0 Å². The second-order valence-corrected chi connectivity index (χ2v) is 4.51. The number of aromatic nitrogens is 2. The Bertz CT molecular complexity index is 395. The highest BCUT2D eigenvalue weighted by atomic mass is 16.5. The molecule has 1 rings (SSSR count). The first-order valence-corrected chi connectivity index (χ1v) is 6.35. The lowest BCUT2D eigenvalue weighted by Crippen LogP contribution is -2.38. The lowest BCUT2D eigenvalue weighted by Gasteiger charge is -2.30. The van der Waals surface area contributed by atoms with Crippen LogP contribution in [-0.4, -0.2) is 36.5 Å². The van der Waals surface area contributed by atoms with Gasteiger partial charge in [-0.05, 0) is 33.3 Å². The molecule has 0 amide bonds. The number of rotatable bonds is 6. The molecule has 1 aromatic rings. The zero-order valence-corrected chi connectivity index (χ0v) is 12.0. The number of aryl methyl sites for hydroxylation is 1. The van der Waals surface area contributed by atoms with E-state index in [1.807, 2.05) is 13.8 Å². The number of hydrogen-bond donors (Lipinski definition) is 1. The Morgan fingerprint density at radius 3 is 2.50 bits per heavy atom. The predicted octanol–water partition coefficient (Wildman–Crippen LogP) is 1.41. The molecule has 1 unspecified atom stereocenters. The summed E-state index contributed by atoms with van der Waals surface area (Å²) in [4.78, 5) is 2.19. The largest absolute Gasteiger partial charge is 0.383 e. The topological polar surface area (TPSA) is 64.3 Å². The van der Waals surface area contributed by atoms with Crippen molar-refractivity contribution in [3.05, 3.63) is 16.8 Å². The van der Waals surface area contributed by atoms with E-state index in [1.54, 1.807) is 7.11 Å². The summed E-state index contributed by atoms with van der Waals surface area (Å²) in [6, 6.07) is 0.252. The van der Waals surface area contributed by atoms with Gasteiger partial charge < -0.3 is 15.4 Å². The molecule has 0 spiro atoms. The van der Waals surface area contributed by atoms with Crippen LogP contribution < -0.4 is 10.6 Å². The van der Waals surface area contributed by atoms with E-state index in [0.29, 0.717) is 13.2 Å². The SMILES string of the molecule is CCN(c1nnc(C)c(C)c1CN)C(C)COC. The van der Waals surface area contributed by atoms with Gasteiger partial charge in [0.1, 0.15) is 0 Å². The Morgan fingerprint density at radius 1 is 1.33 bits per heavy atom. The van der Waals surface area contributed by atoms with Crippen LogP contribution in [0.5, 0.6) is 0 Å². The molecule has 0 bridgehead atoms. The van der Waals surface area contributed by atoms with Gasteiger partial charge in [0, 0.05) is 25.8 Å². The second kappa shape index (κ2) is 6.66. The summed E-state index contributed by atoms with van der Waals surface area (Å²) in [6.45, 7) is 10.2. The summed E-state index contributed by atoms with van der Waals surface area (Å²) in [6.07, 6.45) is 0. The zero-order chi connectivity index (χ0) is 13.7. The number of likely N-dealkylation sites (N-methyl/N-ethyl adjacent to an activating group) is 1. The minimum atomic E-state index is 0.252. The third kappa shape index (κ3) is 2.97. The lowest BCUT2D eigenvalue weighted by molar-refractivity contribution is 0.181. The van der Waals surface area contributed by atoms with Crippen molar-refractivity contribution < 1.29 is 4.74 Å². The number of nitrogens with zero attached hydrogens (tertiary/aromatic N) is 3. The third-order valence-corrected chi connectivity index (χ3v) is 3.32. The van der Waals surface area contributed by atoms with Crippen LogP contribution in [0.2, 0.25) is 0 Å². The Labute approximate surface area is 109 Å². The number of ether oxygens (including phenoxy) is 1. The fourth-order valence-corrected chi connectivity index (χ4v) is 2.12. The van der Waals surface area contributed by atoms with Crippen molar-refractivity contribution in [3.63, 3.8) is 0 Å². The van der Waals surface area contributed by atoms with Crippen molar-refractivity contribution in [1.82, 2.24) is 10.2 Å². The van der Waals surface area contributed by atoms with Gasteiger partial charge in [0.2, 0.25) is 0 Å². The molecule has 18 heavy (non-hydrogen) atoms. The fraction of sp³-hybridized carbons (Fsp3) is 0.692. The Morgan fingerprint density at radius 2 is 2.00 bits per heavy atom. The molecule has 0 radical (unpaired) electrons. The lowest BCUT2D eigenvalue weighted by atomic mass is 10.1. The van der Waals surface area contributed by atoms with Crippen molar-refractivity contribution in [2.45, 2.75) is 40.3 Å². The van der Waals surface area contributed by atoms with E-state index in [0.717, 1.165) is 29.2 Å². The number of anilines is 1. The van der Waals surface area contributed by atoms with E-state index in [-0.39, 0.29) is 6.04 Å². The van der Waals surface area contributed by atoms with Crippen LogP contribution >= 0.6 is 0 Å². The molecule has 5 nitrogen and oxygen atoms in total. The molecule has 1 atom stereocenters. The molecular weight excluding hydrogens is 228 g/mol. The third-order valence-electron chi connectivity index (χ3n) is 3.32. The van der Waals surface area contributed by atoms with E-state index < -0.39 is 0 Å². The van der Waals surface area contributed by atoms with Gasteiger partial charge in [0.15, 0.2) is 5.82 Å². The van der Waals surface area contributed by atoms with Gasteiger partial charge >= 0.3 is 0 Å². The molecule has 0 aliphatic heterocycles. The Balaban J connectivity index is 3.17. The molecule has 0 saturated heterocycles. The molecule has 102 valence electrons. The molecule has 2 N–H and O–H groups in total. The summed E-state index contributed by atoms with van der Waals surface area (Å²) < 4.78 is 5.21. The molecule has 0 aromatic carbocycles. The minimum Gasteiger partial charge on any atom is -0.383 e. The van der Waals surface area contributed by atoms with E-state index in [9.17, 15) is 0 Å². The maximum atomic E-state index is 5.86. The first-order chi connectivity index (χ1) is 8.56. The first-order valence-electron chi connectivity index (χ1n) is 6.35. The van der Waals surface area contributed by atoms with Gasteiger partial charge in [-0.3, -0.25) is 0 Å². The highest BCUT2D eigenvalue weighted by Gasteiger charge is 2.19. The summed E-state index contributed by atoms with van der Waals surface area (Å²) in [5.74, 6) is 0.882. The number of hydrogen-bond acceptors (Lipinski definition) is 5. The Hall–Kier alpha value is -1.20. The van der Waals surface area contributed by atoms with E-state index >= 15 is 0 Å². The maximum Gasteiger partial charge on any atom is 0.156 e. The normalized spacial score (nSPS) is 12.6. The smallest absolute Gasteiger partial charge is 0.156 e. The van der Waals surface area contributed by atoms with E-state index in [1.165, 1.54) is 0 Å². The van der Waals surface area contributed by atoms with Gasteiger partial charge in [0.25, 0.3) is 0 Å². The predicted molar refractivity (Wildman–Crippen MR) is 73.8 cm³/mol. The summed E-state index contributed by atoms with van der Waals surface area (Å²) in [7, 11) is 1.71. The molecule has 1 aromatic heterocycles. The van der Waals surface area contributed by atoms with Crippen LogP contribution in [0.3, 0.4) is 0 Å². The zero-order valence-electron chi connectivity index (χ0n) is 12.0. The molecule has 5 heteroatoms. The van der Waals surface area contributed by atoms with E-state index in [2.05, 4.69) is 28.9 Å². The quantitative estimate of drug-likeness (QED) is 0.829. The molecule has 1 heterocycles. The minimum absolute atomic E-state index is 0.252. The molecule has 0 fully saturated rings. The van der Waals surface area contributed by atoms with Crippen molar-refractivity contribution >= 4 is 5.82 Å². The second-order valence-electron chi connectivity index (χ2n) is 4.51. The maximum absolute atomic E-state index is 5.86. The summed E-state index contributed by atoms with van der Waals surface area (Å²) >= 11 is 0. The van der Waals surface area contributed by atoms with Gasteiger partial charge in [0.05, 0.1) is 18.3 Å². The van der Waals surface area contributed by atoms with Crippen LogP contribution in [0.4, 0.5) is 5.82 Å². The van der Waals surface area contributed by atoms with Gasteiger partial charge in [-0.1, -0.05) is 0 Å². The average molecular weight is 252 g/mol. The van der Waals surface area contributed by atoms with Gasteiger partial charge in [-0.2, -0.15) is 5.10 Å². The molecule has 0 aliphatic carbocycles. The van der Waals surface area contributed by atoms with Crippen LogP contribution in [0.1, 0.15) is 30.7 Å². The van der Waals surface area contributed by atoms with E-state index in [4.69, 9.17) is 10.5 Å². The van der Waals surface area contributed by atoms with Crippen molar-refractivity contribution in [1.29, 1.82) is 0 Å². The molecule has 0 aliphatic rings. The highest BCUT2D eigenvalue weighted by molar-refractivity contribution is 5.51. The first kappa shape index (κ1) is 14.9. The monoisotopic (exact) mass is 252 g/mol.